The molecule has 2 amide bonds. The van der Waals surface area contributed by atoms with E-state index in [1.807, 2.05) is 9.80 Å². The molecule has 2 saturated heterocycles. The third kappa shape index (κ3) is 2.70. The lowest BCUT2D eigenvalue weighted by molar-refractivity contribution is -0.138. The normalized spacial score (nSPS) is 28.8. The molecule has 2 heterocycles. The van der Waals surface area contributed by atoms with Crippen molar-refractivity contribution in [3.63, 3.8) is 0 Å². The molecule has 0 saturated carbocycles. The van der Waals surface area contributed by atoms with Crippen LogP contribution in [0, 0.1) is 5.92 Å². The van der Waals surface area contributed by atoms with Crippen LogP contribution in [0.2, 0.25) is 0 Å². The van der Waals surface area contributed by atoms with Crippen molar-refractivity contribution < 1.29 is 14.7 Å². The standard InChI is InChI=1S/C12H20N2O3/c1-9-3-2-5-14(9)12(17)13-6-4-10(8-13)7-11(15)16/h9-10H,2-8H2,1H3,(H,15,16). The Bertz CT molecular complexity index is 319. The third-order valence-corrected chi connectivity index (χ3v) is 3.82. The van der Waals surface area contributed by atoms with Crippen LogP contribution in [0.3, 0.4) is 0 Å². The number of carboxylic acid groups (broad SMARTS) is 1. The maximum Gasteiger partial charge on any atom is 0.320 e. The van der Waals surface area contributed by atoms with Crippen LogP contribution in [0.4, 0.5) is 4.79 Å². The molecule has 0 aromatic carbocycles. The number of rotatable bonds is 2. The van der Waals surface area contributed by atoms with Crippen LogP contribution in [0.25, 0.3) is 0 Å². The number of nitrogens with zero attached hydrogens (tertiary/aromatic N) is 2. The molecule has 1 N–H and O–H groups in total. The molecular weight excluding hydrogens is 220 g/mol. The summed E-state index contributed by atoms with van der Waals surface area (Å²) in [5, 5.41) is 8.74. The SMILES string of the molecule is CC1CCCN1C(=O)N1CCC(CC(=O)O)C1. The molecule has 0 aromatic heterocycles. The first kappa shape index (κ1) is 12.2. The summed E-state index contributed by atoms with van der Waals surface area (Å²) in [5.41, 5.74) is 0. The molecule has 96 valence electrons. The molecule has 0 spiro atoms. The average molecular weight is 240 g/mol. The quantitative estimate of drug-likeness (QED) is 0.793. The number of hydrogen-bond acceptors (Lipinski definition) is 2. The minimum Gasteiger partial charge on any atom is -0.481 e. The zero-order chi connectivity index (χ0) is 12.4. The van der Waals surface area contributed by atoms with Crippen LogP contribution >= 0.6 is 0 Å². The van der Waals surface area contributed by atoms with Crippen molar-refractivity contribution in [2.24, 2.45) is 5.92 Å². The van der Waals surface area contributed by atoms with Crippen molar-refractivity contribution >= 4 is 12.0 Å². The summed E-state index contributed by atoms with van der Waals surface area (Å²) in [6.45, 7) is 4.24. The van der Waals surface area contributed by atoms with E-state index in [1.165, 1.54) is 0 Å². The first-order valence-corrected chi connectivity index (χ1v) is 6.35. The number of urea groups is 1. The highest BCUT2D eigenvalue weighted by Crippen LogP contribution is 2.24. The molecule has 2 fully saturated rings. The highest BCUT2D eigenvalue weighted by atomic mass is 16.4. The Hall–Kier alpha value is -1.26. The van der Waals surface area contributed by atoms with Crippen LogP contribution in [0.15, 0.2) is 0 Å². The monoisotopic (exact) mass is 240 g/mol. The molecule has 2 rings (SSSR count). The van der Waals surface area contributed by atoms with Gasteiger partial charge < -0.3 is 14.9 Å². The average Bonchev–Trinajstić information content (AvgIpc) is 2.85. The molecule has 17 heavy (non-hydrogen) atoms. The highest BCUT2D eigenvalue weighted by molar-refractivity contribution is 5.75. The molecule has 2 unspecified atom stereocenters. The van der Waals surface area contributed by atoms with Crippen molar-refractivity contribution in [1.82, 2.24) is 9.80 Å². The lowest BCUT2D eigenvalue weighted by atomic mass is 10.1. The maximum atomic E-state index is 12.2. The van der Waals surface area contributed by atoms with E-state index in [4.69, 9.17) is 5.11 Å². The first-order chi connectivity index (χ1) is 8.08. The fraction of sp³-hybridized carbons (Fsp3) is 0.833. The molecule has 2 atom stereocenters. The summed E-state index contributed by atoms with van der Waals surface area (Å²) in [5.74, 6) is -0.631. The van der Waals surface area contributed by atoms with Gasteiger partial charge in [-0.15, -0.1) is 0 Å². The van der Waals surface area contributed by atoms with Gasteiger partial charge in [0.05, 0.1) is 0 Å². The van der Waals surface area contributed by atoms with Crippen molar-refractivity contribution in [3.05, 3.63) is 0 Å². The Labute approximate surface area is 101 Å². The fourth-order valence-electron chi connectivity index (χ4n) is 2.82. The van der Waals surface area contributed by atoms with Gasteiger partial charge in [0, 0.05) is 32.1 Å². The predicted octanol–water partition coefficient (Wildman–Crippen LogP) is 1.39. The molecule has 0 aromatic rings. The zero-order valence-corrected chi connectivity index (χ0v) is 10.3. The van der Waals surface area contributed by atoms with Gasteiger partial charge in [-0.05, 0) is 32.1 Å². The first-order valence-electron chi connectivity index (χ1n) is 6.35. The fourth-order valence-corrected chi connectivity index (χ4v) is 2.82. The minimum atomic E-state index is -0.765. The molecule has 0 radical (unpaired) electrons. The lowest BCUT2D eigenvalue weighted by Gasteiger charge is -2.27. The van der Waals surface area contributed by atoms with Gasteiger partial charge in [-0.1, -0.05) is 0 Å². The van der Waals surface area contributed by atoms with Crippen molar-refractivity contribution in [1.29, 1.82) is 0 Å². The van der Waals surface area contributed by atoms with Crippen LogP contribution < -0.4 is 0 Å². The zero-order valence-electron chi connectivity index (χ0n) is 10.3. The van der Waals surface area contributed by atoms with E-state index >= 15 is 0 Å². The Morgan fingerprint density at radius 1 is 1.29 bits per heavy atom. The van der Waals surface area contributed by atoms with Gasteiger partial charge >= 0.3 is 12.0 Å². The smallest absolute Gasteiger partial charge is 0.320 e. The molecule has 0 bridgehead atoms. The number of amides is 2. The molecule has 5 heteroatoms. The molecule has 0 aliphatic carbocycles. The number of carboxylic acids is 1. The second-order valence-corrected chi connectivity index (χ2v) is 5.17. The molecule has 2 aliphatic heterocycles. The third-order valence-electron chi connectivity index (χ3n) is 3.82. The highest BCUT2D eigenvalue weighted by Gasteiger charge is 2.33. The van der Waals surface area contributed by atoms with Crippen molar-refractivity contribution in [2.45, 2.75) is 38.6 Å². The van der Waals surface area contributed by atoms with E-state index < -0.39 is 5.97 Å². The van der Waals surface area contributed by atoms with Crippen LogP contribution in [-0.2, 0) is 4.79 Å². The van der Waals surface area contributed by atoms with Gasteiger partial charge in [-0.2, -0.15) is 0 Å². The topological polar surface area (TPSA) is 60.9 Å². The Morgan fingerprint density at radius 2 is 2.06 bits per heavy atom. The number of hydrogen-bond donors (Lipinski definition) is 1. The van der Waals surface area contributed by atoms with Crippen molar-refractivity contribution in [2.75, 3.05) is 19.6 Å². The van der Waals surface area contributed by atoms with E-state index in [-0.39, 0.29) is 18.4 Å². The summed E-state index contributed by atoms with van der Waals surface area (Å²) in [6.07, 6.45) is 3.16. The second-order valence-electron chi connectivity index (χ2n) is 5.17. The van der Waals surface area contributed by atoms with Gasteiger partial charge in [-0.25, -0.2) is 4.79 Å². The summed E-state index contributed by atoms with van der Waals surface area (Å²) in [7, 11) is 0. The van der Waals surface area contributed by atoms with Gasteiger partial charge in [0.25, 0.3) is 0 Å². The lowest BCUT2D eigenvalue weighted by Crippen LogP contribution is -2.43. The molecule has 5 nitrogen and oxygen atoms in total. The number of likely N-dealkylation sites (tertiary alicyclic amines) is 2. The van der Waals surface area contributed by atoms with Crippen LogP contribution in [0.1, 0.15) is 32.6 Å². The summed E-state index contributed by atoms with van der Waals surface area (Å²) >= 11 is 0. The van der Waals surface area contributed by atoms with Gasteiger partial charge in [0.2, 0.25) is 0 Å². The molecular formula is C12H20N2O3. The Morgan fingerprint density at radius 3 is 2.65 bits per heavy atom. The number of carbonyl (C=O) groups is 2. The number of aliphatic carboxylic acids is 1. The van der Waals surface area contributed by atoms with E-state index in [0.717, 1.165) is 25.8 Å². The van der Waals surface area contributed by atoms with Gasteiger partial charge in [0.15, 0.2) is 0 Å². The Kier molecular flexibility index (Phi) is 3.54. The maximum absolute atomic E-state index is 12.2. The summed E-state index contributed by atoms with van der Waals surface area (Å²) in [4.78, 5) is 26.6. The summed E-state index contributed by atoms with van der Waals surface area (Å²) in [6, 6.07) is 0.434. The second kappa shape index (κ2) is 4.94. The Balaban J connectivity index is 1.87. The van der Waals surface area contributed by atoms with E-state index in [1.54, 1.807) is 0 Å². The van der Waals surface area contributed by atoms with Gasteiger partial charge in [0.1, 0.15) is 0 Å². The largest absolute Gasteiger partial charge is 0.481 e. The van der Waals surface area contributed by atoms with Crippen LogP contribution in [0.5, 0.6) is 0 Å². The van der Waals surface area contributed by atoms with E-state index in [9.17, 15) is 9.59 Å². The number of carbonyl (C=O) groups excluding carboxylic acids is 1. The molecule has 2 aliphatic rings. The van der Waals surface area contributed by atoms with Gasteiger partial charge in [-0.3, -0.25) is 4.79 Å². The summed E-state index contributed by atoms with van der Waals surface area (Å²) < 4.78 is 0. The van der Waals surface area contributed by atoms with E-state index in [0.29, 0.717) is 19.1 Å². The van der Waals surface area contributed by atoms with E-state index in [2.05, 4.69) is 6.92 Å². The van der Waals surface area contributed by atoms with Crippen molar-refractivity contribution in [3.8, 4) is 0 Å². The minimum absolute atomic E-state index is 0.0999. The predicted molar refractivity (Wildman–Crippen MR) is 62.7 cm³/mol. The van der Waals surface area contributed by atoms with Crippen LogP contribution in [-0.4, -0.2) is 52.6 Å².